The second-order valence-electron chi connectivity index (χ2n) is 10.3. The van der Waals surface area contributed by atoms with E-state index in [4.69, 9.17) is 9.47 Å². The van der Waals surface area contributed by atoms with E-state index in [-0.39, 0.29) is 17.3 Å². The van der Waals surface area contributed by atoms with Gasteiger partial charge in [-0.15, -0.1) is 0 Å². The number of nitrogens with zero attached hydrogens (tertiary/aromatic N) is 1. The Labute approximate surface area is 152 Å². The third kappa shape index (κ3) is 4.13. The minimum Gasteiger partial charge on any atom is -0.444 e. The average Bonchev–Trinajstić information content (AvgIpc) is 2.77. The zero-order chi connectivity index (χ0) is 18.6. The molecule has 1 N–H and O–H groups in total. The molecule has 0 aromatic carbocycles. The van der Waals surface area contributed by atoms with Crippen molar-refractivity contribution in [1.29, 1.82) is 0 Å². The summed E-state index contributed by atoms with van der Waals surface area (Å²) in [6.07, 6.45) is 5.12. The van der Waals surface area contributed by atoms with Crippen LogP contribution in [0.15, 0.2) is 0 Å². The van der Waals surface area contributed by atoms with Gasteiger partial charge in [-0.2, -0.15) is 0 Å². The fraction of sp³-hybridized carbons (Fsp3) is 0.950. The fourth-order valence-corrected chi connectivity index (χ4v) is 5.03. The van der Waals surface area contributed by atoms with Crippen molar-refractivity contribution in [2.75, 3.05) is 0 Å². The lowest BCUT2D eigenvalue weighted by atomic mass is 9.90. The SMILES string of the molecule is CC(C)(C)OC(=O)N1C2CCC1CC(NC1CC(C)(C)OC1(C)C)C2. The van der Waals surface area contributed by atoms with Crippen LogP contribution < -0.4 is 5.32 Å². The van der Waals surface area contributed by atoms with Crippen molar-refractivity contribution in [3.05, 3.63) is 0 Å². The van der Waals surface area contributed by atoms with Gasteiger partial charge in [0.25, 0.3) is 0 Å². The number of amides is 1. The number of carbonyl (C=O) groups is 1. The molecular weight excluding hydrogens is 316 g/mol. The Balaban J connectivity index is 1.62. The van der Waals surface area contributed by atoms with E-state index in [0.717, 1.165) is 32.1 Å². The van der Waals surface area contributed by atoms with Gasteiger partial charge in [-0.3, -0.25) is 0 Å². The number of rotatable bonds is 2. The van der Waals surface area contributed by atoms with Crippen LogP contribution in [0.1, 0.15) is 80.6 Å². The molecule has 3 unspecified atom stereocenters. The number of nitrogens with one attached hydrogen (secondary N) is 1. The van der Waals surface area contributed by atoms with Gasteiger partial charge >= 0.3 is 6.09 Å². The predicted molar refractivity (Wildman–Crippen MR) is 98.7 cm³/mol. The molecule has 3 rings (SSSR count). The Kier molecular flexibility index (Phi) is 4.64. The van der Waals surface area contributed by atoms with Crippen LogP contribution in [0.3, 0.4) is 0 Å². The summed E-state index contributed by atoms with van der Waals surface area (Å²) in [4.78, 5) is 14.6. The Morgan fingerprint density at radius 2 is 1.68 bits per heavy atom. The van der Waals surface area contributed by atoms with Gasteiger partial charge in [-0.1, -0.05) is 0 Å². The molecule has 0 spiro atoms. The molecule has 5 nitrogen and oxygen atoms in total. The Bertz CT molecular complexity index is 510. The number of hydrogen-bond acceptors (Lipinski definition) is 4. The van der Waals surface area contributed by atoms with Crippen LogP contribution in [0.5, 0.6) is 0 Å². The highest BCUT2D eigenvalue weighted by Gasteiger charge is 2.49. The third-order valence-electron chi connectivity index (χ3n) is 5.85. The molecule has 1 amide bonds. The van der Waals surface area contributed by atoms with E-state index in [1.807, 2.05) is 25.7 Å². The molecule has 5 heteroatoms. The molecule has 2 bridgehead atoms. The van der Waals surface area contributed by atoms with Crippen molar-refractivity contribution in [2.24, 2.45) is 0 Å². The van der Waals surface area contributed by atoms with Gasteiger partial charge in [0.2, 0.25) is 0 Å². The first-order valence-electron chi connectivity index (χ1n) is 9.84. The lowest BCUT2D eigenvalue weighted by Crippen LogP contribution is -2.56. The van der Waals surface area contributed by atoms with Crippen LogP contribution in [0.25, 0.3) is 0 Å². The fourth-order valence-electron chi connectivity index (χ4n) is 5.03. The number of ether oxygens (including phenoxy) is 2. The minimum absolute atomic E-state index is 0.0721. The summed E-state index contributed by atoms with van der Waals surface area (Å²) in [7, 11) is 0. The van der Waals surface area contributed by atoms with E-state index in [1.165, 1.54) is 0 Å². The van der Waals surface area contributed by atoms with Crippen LogP contribution >= 0.6 is 0 Å². The number of piperidine rings is 1. The smallest absolute Gasteiger partial charge is 0.410 e. The first-order valence-corrected chi connectivity index (χ1v) is 9.84. The van der Waals surface area contributed by atoms with E-state index < -0.39 is 5.60 Å². The summed E-state index contributed by atoms with van der Waals surface area (Å²) >= 11 is 0. The molecular formula is C20H36N2O3. The Hall–Kier alpha value is -0.810. The number of carbonyl (C=O) groups excluding carboxylic acids is 1. The standard InChI is InChI=1S/C20H36N2O3/c1-18(2,3)24-17(23)22-14-8-9-15(22)11-13(10-14)21-16-12-19(4,5)25-20(16,6)7/h13-16,21H,8-12H2,1-7H3. The van der Waals surface area contributed by atoms with Crippen LogP contribution in [-0.2, 0) is 9.47 Å². The van der Waals surface area contributed by atoms with Gasteiger partial charge in [0.1, 0.15) is 5.60 Å². The van der Waals surface area contributed by atoms with Crippen LogP contribution in [0.4, 0.5) is 4.79 Å². The van der Waals surface area contributed by atoms with Gasteiger partial charge in [-0.25, -0.2) is 4.79 Å². The van der Waals surface area contributed by atoms with E-state index in [0.29, 0.717) is 24.2 Å². The Morgan fingerprint density at radius 1 is 1.12 bits per heavy atom. The highest BCUT2D eigenvalue weighted by atomic mass is 16.6. The van der Waals surface area contributed by atoms with Crippen LogP contribution in [-0.4, -0.2) is 52.0 Å². The molecule has 3 fully saturated rings. The topological polar surface area (TPSA) is 50.8 Å². The molecule has 0 radical (unpaired) electrons. The van der Waals surface area contributed by atoms with Gasteiger partial charge in [-0.05, 0) is 80.6 Å². The maximum absolute atomic E-state index is 12.6. The van der Waals surface area contributed by atoms with Gasteiger partial charge in [0.05, 0.1) is 11.2 Å². The largest absolute Gasteiger partial charge is 0.444 e. The summed E-state index contributed by atoms with van der Waals surface area (Å²) in [5.74, 6) is 0. The number of hydrogen-bond donors (Lipinski definition) is 1. The second-order valence-corrected chi connectivity index (χ2v) is 10.3. The zero-order valence-electron chi connectivity index (χ0n) is 17.0. The van der Waals surface area contributed by atoms with E-state index in [2.05, 4.69) is 33.0 Å². The van der Waals surface area contributed by atoms with Crippen LogP contribution in [0, 0.1) is 0 Å². The number of fused-ring (bicyclic) bond motifs is 2. The van der Waals surface area contributed by atoms with E-state index in [1.54, 1.807) is 0 Å². The van der Waals surface area contributed by atoms with Crippen molar-refractivity contribution in [3.8, 4) is 0 Å². The molecule has 0 aromatic heterocycles. The maximum atomic E-state index is 12.6. The first kappa shape index (κ1) is 19.0. The molecule has 144 valence electrons. The minimum atomic E-state index is -0.428. The monoisotopic (exact) mass is 352 g/mol. The van der Waals surface area contributed by atoms with Gasteiger partial charge < -0.3 is 19.7 Å². The molecule has 3 atom stereocenters. The molecule has 3 aliphatic rings. The summed E-state index contributed by atoms with van der Waals surface area (Å²) in [5, 5.41) is 3.87. The van der Waals surface area contributed by atoms with Crippen molar-refractivity contribution >= 4 is 6.09 Å². The van der Waals surface area contributed by atoms with E-state index in [9.17, 15) is 4.79 Å². The third-order valence-corrected chi connectivity index (χ3v) is 5.85. The highest BCUT2D eigenvalue weighted by molar-refractivity contribution is 5.69. The predicted octanol–water partition coefficient (Wildman–Crippen LogP) is 3.85. The molecule has 3 aliphatic heterocycles. The molecule has 3 saturated heterocycles. The normalized spacial score (nSPS) is 36.5. The van der Waals surface area contributed by atoms with Crippen molar-refractivity contribution < 1.29 is 14.3 Å². The van der Waals surface area contributed by atoms with Crippen molar-refractivity contribution in [3.63, 3.8) is 0 Å². The van der Waals surface area contributed by atoms with Gasteiger partial charge in [0.15, 0.2) is 0 Å². The quantitative estimate of drug-likeness (QED) is 0.820. The summed E-state index contributed by atoms with van der Waals surface area (Å²) < 4.78 is 11.9. The summed E-state index contributed by atoms with van der Waals surface area (Å²) in [6.45, 7) is 14.5. The first-order chi connectivity index (χ1) is 11.4. The van der Waals surface area contributed by atoms with Gasteiger partial charge in [0, 0.05) is 24.2 Å². The Morgan fingerprint density at radius 3 is 2.12 bits per heavy atom. The lowest BCUT2D eigenvalue weighted by molar-refractivity contribution is -0.0712. The lowest BCUT2D eigenvalue weighted by Gasteiger charge is -2.41. The van der Waals surface area contributed by atoms with Crippen molar-refractivity contribution in [1.82, 2.24) is 10.2 Å². The van der Waals surface area contributed by atoms with E-state index >= 15 is 0 Å². The molecule has 0 saturated carbocycles. The highest BCUT2D eigenvalue weighted by Crippen LogP contribution is 2.40. The van der Waals surface area contributed by atoms with Crippen LogP contribution in [0.2, 0.25) is 0 Å². The zero-order valence-corrected chi connectivity index (χ0v) is 17.0. The summed E-state index contributed by atoms with van der Waals surface area (Å²) in [6, 6.07) is 1.44. The van der Waals surface area contributed by atoms with Crippen molar-refractivity contribution in [2.45, 2.75) is 122 Å². The maximum Gasteiger partial charge on any atom is 0.410 e. The molecule has 25 heavy (non-hydrogen) atoms. The second kappa shape index (κ2) is 6.12. The summed E-state index contributed by atoms with van der Waals surface area (Å²) in [5.41, 5.74) is -0.648. The average molecular weight is 353 g/mol. The molecule has 3 heterocycles. The molecule has 0 aromatic rings. The molecule has 0 aliphatic carbocycles.